The smallest absolute Gasteiger partial charge is 0.179 e. The van der Waals surface area contributed by atoms with Gasteiger partial charge in [0.05, 0.1) is 12.1 Å². The molecule has 0 amide bonds. The molecule has 1 saturated carbocycles. The Morgan fingerprint density at radius 2 is 2.11 bits per heavy atom. The van der Waals surface area contributed by atoms with Gasteiger partial charge in [0.2, 0.25) is 0 Å². The number of likely N-dealkylation sites (N-methyl/N-ethyl adjacent to an activating group) is 1. The van der Waals surface area contributed by atoms with Gasteiger partial charge in [0.1, 0.15) is 11.6 Å². The van der Waals surface area contributed by atoms with E-state index in [2.05, 4.69) is 6.92 Å². The van der Waals surface area contributed by atoms with Gasteiger partial charge in [-0.2, -0.15) is 0 Å². The predicted molar refractivity (Wildman–Crippen MR) is 65.5 cm³/mol. The van der Waals surface area contributed by atoms with Crippen LogP contribution in [-0.4, -0.2) is 30.3 Å². The second kappa shape index (κ2) is 5.14. The summed E-state index contributed by atoms with van der Waals surface area (Å²) in [6.45, 7) is 2.24. The lowest BCUT2D eigenvalue weighted by Gasteiger charge is -2.23. The summed E-state index contributed by atoms with van der Waals surface area (Å²) < 4.78 is 26.2. The molecule has 0 saturated heterocycles. The normalized spacial score (nSPS) is 16.9. The van der Waals surface area contributed by atoms with Crippen LogP contribution in [0.3, 0.4) is 0 Å². The lowest BCUT2D eigenvalue weighted by atomic mass is 10.1. The highest BCUT2D eigenvalue weighted by Crippen LogP contribution is 2.34. The average Bonchev–Trinajstić information content (AvgIpc) is 3.11. The van der Waals surface area contributed by atoms with Crippen LogP contribution in [-0.2, 0) is 0 Å². The van der Waals surface area contributed by atoms with Crippen molar-refractivity contribution in [1.29, 1.82) is 0 Å². The third-order valence-corrected chi connectivity index (χ3v) is 3.62. The van der Waals surface area contributed by atoms with Gasteiger partial charge in [-0.15, -0.1) is 0 Å². The molecule has 0 aliphatic heterocycles. The first-order valence-electron chi connectivity index (χ1n) is 6.17. The van der Waals surface area contributed by atoms with E-state index in [4.69, 9.17) is 0 Å². The third-order valence-electron chi connectivity index (χ3n) is 3.62. The summed E-state index contributed by atoms with van der Waals surface area (Å²) in [7, 11) is 1.86. The van der Waals surface area contributed by atoms with Gasteiger partial charge in [0.15, 0.2) is 5.78 Å². The summed E-state index contributed by atoms with van der Waals surface area (Å²) in [5.41, 5.74) is -0.0359. The van der Waals surface area contributed by atoms with E-state index in [-0.39, 0.29) is 17.9 Å². The Labute approximate surface area is 106 Å². The standard InChI is InChI=1S/C14H17F2NO/c1-9(10-3-4-10)17(2)8-14(18)12-6-5-11(15)7-13(12)16/h5-7,9-10H,3-4,8H2,1-2H3. The highest BCUT2D eigenvalue weighted by molar-refractivity contribution is 5.97. The molecule has 1 aliphatic rings. The van der Waals surface area contributed by atoms with Crippen LogP contribution in [0, 0.1) is 17.6 Å². The van der Waals surface area contributed by atoms with E-state index in [1.54, 1.807) is 0 Å². The van der Waals surface area contributed by atoms with Crippen molar-refractivity contribution in [3.05, 3.63) is 35.4 Å². The van der Waals surface area contributed by atoms with Crippen LogP contribution in [0.4, 0.5) is 8.78 Å². The second-order valence-corrected chi connectivity index (χ2v) is 5.04. The minimum Gasteiger partial charge on any atom is -0.296 e. The lowest BCUT2D eigenvalue weighted by molar-refractivity contribution is 0.0913. The molecule has 1 atom stereocenters. The Kier molecular flexibility index (Phi) is 3.76. The van der Waals surface area contributed by atoms with Gasteiger partial charge in [0, 0.05) is 12.1 Å². The lowest BCUT2D eigenvalue weighted by Crippen LogP contribution is -2.35. The quantitative estimate of drug-likeness (QED) is 0.752. The van der Waals surface area contributed by atoms with Crippen molar-refractivity contribution in [1.82, 2.24) is 4.90 Å². The van der Waals surface area contributed by atoms with Crippen molar-refractivity contribution in [2.24, 2.45) is 5.92 Å². The molecular weight excluding hydrogens is 236 g/mol. The second-order valence-electron chi connectivity index (χ2n) is 5.04. The Hall–Kier alpha value is -1.29. The molecule has 0 N–H and O–H groups in total. The maximum Gasteiger partial charge on any atom is 0.179 e. The third kappa shape index (κ3) is 2.93. The molecule has 1 fully saturated rings. The van der Waals surface area contributed by atoms with E-state index in [1.807, 2.05) is 11.9 Å². The summed E-state index contributed by atoms with van der Waals surface area (Å²) in [5, 5.41) is 0. The number of benzene rings is 1. The molecule has 2 nitrogen and oxygen atoms in total. The molecule has 2 rings (SSSR count). The van der Waals surface area contributed by atoms with Crippen molar-refractivity contribution in [3.8, 4) is 0 Å². The SMILES string of the molecule is CC(C1CC1)N(C)CC(=O)c1ccc(F)cc1F. The van der Waals surface area contributed by atoms with Crippen molar-refractivity contribution in [2.45, 2.75) is 25.8 Å². The maximum atomic E-state index is 13.4. The molecule has 1 aliphatic carbocycles. The predicted octanol–water partition coefficient (Wildman–Crippen LogP) is 2.88. The molecule has 98 valence electrons. The van der Waals surface area contributed by atoms with E-state index >= 15 is 0 Å². The van der Waals surface area contributed by atoms with Gasteiger partial charge in [-0.05, 0) is 44.9 Å². The molecule has 0 radical (unpaired) electrons. The topological polar surface area (TPSA) is 20.3 Å². The highest BCUT2D eigenvalue weighted by atomic mass is 19.1. The first kappa shape index (κ1) is 13.1. The van der Waals surface area contributed by atoms with E-state index in [9.17, 15) is 13.6 Å². The van der Waals surface area contributed by atoms with E-state index in [0.29, 0.717) is 12.0 Å². The number of halogens is 2. The minimum absolute atomic E-state index is 0.0359. The fraction of sp³-hybridized carbons (Fsp3) is 0.500. The largest absolute Gasteiger partial charge is 0.296 e. The zero-order valence-electron chi connectivity index (χ0n) is 10.6. The Morgan fingerprint density at radius 1 is 1.44 bits per heavy atom. The van der Waals surface area contributed by atoms with Crippen LogP contribution in [0.2, 0.25) is 0 Å². The van der Waals surface area contributed by atoms with E-state index < -0.39 is 11.6 Å². The Morgan fingerprint density at radius 3 is 2.67 bits per heavy atom. The summed E-state index contributed by atoms with van der Waals surface area (Å²) in [4.78, 5) is 13.9. The van der Waals surface area contributed by atoms with Gasteiger partial charge in [-0.1, -0.05) is 0 Å². The number of nitrogens with zero attached hydrogens (tertiary/aromatic N) is 1. The van der Waals surface area contributed by atoms with Crippen LogP contribution in [0.15, 0.2) is 18.2 Å². The molecule has 0 bridgehead atoms. The molecule has 4 heteroatoms. The van der Waals surface area contributed by atoms with Gasteiger partial charge < -0.3 is 0 Å². The molecule has 1 aromatic rings. The fourth-order valence-corrected chi connectivity index (χ4v) is 2.11. The van der Waals surface area contributed by atoms with Crippen LogP contribution < -0.4 is 0 Å². The van der Waals surface area contributed by atoms with Gasteiger partial charge in [-0.3, -0.25) is 9.69 Å². The van der Waals surface area contributed by atoms with Crippen LogP contribution in [0.25, 0.3) is 0 Å². The monoisotopic (exact) mass is 253 g/mol. The van der Waals surface area contributed by atoms with E-state index in [0.717, 1.165) is 12.1 Å². The van der Waals surface area contributed by atoms with Crippen LogP contribution >= 0.6 is 0 Å². The first-order chi connectivity index (χ1) is 8.49. The van der Waals surface area contributed by atoms with Crippen LogP contribution in [0.5, 0.6) is 0 Å². The number of rotatable bonds is 5. The number of Topliss-reactive ketones (excluding diaryl/α,β-unsaturated/α-hetero) is 1. The van der Waals surface area contributed by atoms with Gasteiger partial charge in [-0.25, -0.2) is 8.78 Å². The summed E-state index contributed by atoms with van der Waals surface area (Å²) in [6, 6.07) is 3.40. The van der Waals surface area contributed by atoms with Crippen molar-refractivity contribution in [2.75, 3.05) is 13.6 Å². The summed E-state index contributed by atoms with van der Waals surface area (Å²) >= 11 is 0. The fourth-order valence-electron chi connectivity index (χ4n) is 2.11. The number of ketones is 1. The Balaban J connectivity index is 2.02. The number of hydrogen-bond acceptors (Lipinski definition) is 2. The molecular formula is C14H17F2NO. The molecule has 18 heavy (non-hydrogen) atoms. The van der Waals surface area contributed by atoms with E-state index in [1.165, 1.54) is 18.9 Å². The van der Waals surface area contributed by atoms with Crippen LogP contribution in [0.1, 0.15) is 30.1 Å². The average molecular weight is 253 g/mol. The zero-order chi connectivity index (χ0) is 13.3. The first-order valence-corrected chi connectivity index (χ1v) is 6.17. The maximum absolute atomic E-state index is 13.4. The summed E-state index contributed by atoms with van der Waals surface area (Å²) in [6.07, 6.45) is 2.40. The molecule has 1 unspecified atom stereocenters. The molecule has 0 heterocycles. The number of hydrogen-bond donors (Lipinski definition) is 0. The van der Waals surface area contributed by atoms with Gasteiger partial charge in [0.25, 0.3) is 0 Å². The van der Waals surface area contributed by atoms with Gasteiger partial charge >= 0.3 is 0 Å². The Bertz CT molecular complexity index is 457. The van der Waals surface area contributed by atoms with Crippen molar-refractivity contribution in [3.63, 3.8) is 0 Å². The van der Waals surface area contributed by atoms with Crippen molar-refractivity contribution >= 4 is 5.78 Å². The molecule has 0 spiro atoms. The molecule has 0 aromatic heterocycles. The van der Waals surface area contributed by atoms with Crippen molar-refractivity contribution < 1.29 is 13.6 Å². The zero-order valence-corrected chi connectivity index (χ0v) is 10.6. The number of carbonyl (C=O) groups excluding carboxylic acids is 1. The highest BCUT2D eigenvalue weighted by Gasteiger charge is 2.31. The summed E-state index contributed by atoms with van der Waals surface area (Å²) in [5.74, 6) is -1.10. The molecule has 1 aromatic carbocycles. The minimum atomic E-state index is -0.785. The number of carbonyl (C=O) groups is 1.